The van der Waals surface area contributed by atoms with Crippen molar-refractivity contribution in [2.24, 2.45) is 0 Å². The first-order chi connectivity index (χ1) is 24.0. The topological polar surface area (TPSA) is 94.5 Å². The van der Waals surface area contributed by atoms with Crippen molar-refractivity contribution in [3.8, 4) is 0 Å². The third-order valence-electron chi connectivity index (χ3n) is 8.36. The molecule has 0 fully saturated rings. The van der Waals surface area contributed by atoms with Crippen molar-refractivity contribution >= 4 is 46.2 Å². The number of aromatic nitrogens is 2. The standard InChI is InChI=1S/C40H44Cl2N4O4/c1-5-6-16-25-46-35-27-32(42)31(41)26-34(35)43-36(46)24-23-33(44-38(48)49-39(2,3)4)37(47)45-50-40(28-17-10-7-11-18-28,29-19-12-8-13-20-29)30-21-14-9-15-22-30/h7-15,17-22,26-27,33H,5-6,16,23-25H2,1-4H3,(H,44,48)(H,45,47)/t33-/m0/s1. The molecule has 0 aliphatic carbocycles. The maximum Gasteiger partial charge on any atom is 0.408 e. The van der Waals surface area contributed by atoms with Crippen LogP contribution in [0.4, 0.5) is 4.79 Å². The van der Waals surface area contributed by atoms with Crippen LogP contribution in [0.15, 0.2) is 103 Å². The lowest BCUT2D eigenvalue weighted by Crippen LogP contribution is -2.50. The van der Waals surface area contributed by atoms with Crippen molar-refractivity contribution in [3.63, 3.8) is 0 Å². The predicted molar refractivity (Wildman–Crippen MR) is 199 cm³/mol. The monoisotopic (exact) mass is 714 g/mol. The molecule has 0 unspecified atom stereocenters. The maximum absolute atomic E-state index is 14.2. The van der Waals surface area contributed by atoms with Gasteiger partial charge in [-0.1, -0.05) is 134 Å². The summed E-state index contributed by atoms with van der Waals surface area (Å²) in [5, 5.41) is 3.66. The quantitative estimate of drug-likeness (QED) is 0.0679. The Bertz CT molecular complexity index is 1780. The zero-order chi connectivity index (χ0) is 35.7. The number of halogens is 2. The van der Waals surface area contributed by atoms with Crippen molar-refractivity contribution in [2.75, 3.05) is 0 Å². The molecule has 262 valence electrons. The number of fused-ring (bicyclic) bond motifs is 1. The van der Waals surface area contributed by atoms with Gasteiger partial charge in [-0.05, 0) is 62.4 Å². The highest BCUT2D eigenvalue weighted by Gasteiger charge is 2.40. The first-order valence-corrected chi connectivity index (χ1v) is 17.8. The summed E-state index contributed by atoms with van der Waals surface area (Å²) in [7, 11) is 0. The molecule has 8 nitrogen and oxygen atoms in total. The van der Waals surface area contributed by atoms with E-state index in [9.17, 15) is 9.59 Å². The van der Waals surface area contributed by atoms with Crippen LogP contribution in [0.5, 0.6) is 0 Å². The van der Waals surface area contributed by atoms with Gasteiger partial charge in [0.2, 0.25) is 0 Å². The van der Waals surface area contributed by atoms with E-state index < -0.39 is 29.2 Å². The Hall–Kier alpha value is -4.37. The van der Waals surface area contributed by atoms with Crippen LogP contribution in [-0.4, -0.2) is 33.2 Å². The zero-order valence-corrected chi connectivity index (χ0v) is 30.4. The van der Waals surface area contributed by atoms with Crippen molar-refractivity contribution in [3.05, 3.63) is 136 Å². The number of hydrogen-bond acceptors (Lipinski definition) is 5. The van der Waals surface area contributed by atoms with E-state index in [-0.39, 0.29) is 6.42 Å². The Kier molecular flexibility index (Phi) is 12.2. The van der Waals surface area contributed by atoms with Gasteiger partial charge in [0.05, 0.1) is 21.1 Å². The smallest absolute Gasteiger partial charge is 0.408 e. The van der Waals surface area contributed by atoms with E-state index in [4.69, 9.17) is 37.8 Å². The maximum atomic E-state index is 14.2. The number of unbranched alkanes of at least 4 members (excludes halogenated alkanes) is 2. The number of benzene rings is 4. The molecule has 5 rings (SSSR count). The molecule has 2 amide bonds. The highest BCUT2D eigenvalue weighted by Crippen LogP contribution is 2.39. The number of rotatable bonds is 14. The number of nitrogens with zero attached hydrogens (tertiary/aromatic N) is 2. The fourth-order valence-electron chi connectivity index (χ4n) is 6.02. The lowest BCUT2D eigenvalue weighted by molar-refractivity contribution is -0.145. The van der Waals surface area contributed by atoms with E-state index in [1.807, 2.05) is 97.1 Å². The summed E-state index contributed by atoms with van der Waals surface area (Å²) in [5.41, 5.74) is 4.80. The second-order valence-electron chi connectivity index (χ2n) is 13.2. The minimum atomic E-state index is -1.21. The van der Waals surface area contributed by atoms with E-state index in [0.29, 0.717) is 22.0 Å². The SMILES string of the molecule is CCCCCn1c(CC[C@H](NC(=O)OC(C)(C)C)C(=O)NOC(c2ccccc2)(c2ccccc2)c2ccccc2)nc2cc(Cl)c(Cl)cc21. The first kappa shape index (κ1) is 36.9. The third kappa shape index (κ3) is 8.85. The van der Waals surface area contributed by atoms with Crippen LogP contribution in [0.2, 0.25) is 10.0 Å². The van der Waals surface area contributed by atoms with Crippen LogP contribution in [0.25, 0.3) is 11.0 Å². The Morgan fingerprint density at radius 3 is 1.88 bits per heavy atom. The molecule has 1 aromatic heterocycles. The van der Waals surface area contributed by atoms with Gasteiger partial charge >= 0.3 is 6.09 Å². The molecule has 4 aromatic carbocycles. The largest absolute Gasteiger partial charge is 0.444 e. The Morgan fingerprint density at radius 1 is 0.820 bits per heavy atom. The van der Waals surface area contributed by atoms with Gasteiger partial charge in [0.1, 0.15) is 17.5 Å². The molecule has 0 spiro atoms. The molecule has 0 radical (unpaired) electrons. The van der Waals surface area contributed by atoms with Gasteiger partial charge in [0, 0.05) is 13.0 Å². The molecule has 5 aromatic rings. The molecule has 1 heterocycles. The second kappa shape index (κ2) is 16.6. The minimum Gasteiger partial charge on any atom is -0.444 e. The number of carbonyl (C=O) groups excluding carboxylic acids is 2. The van der Waals surface area contributed by atoms with E-state index >= 15 is 0 Å². The molecule has 2 N–H and O–H groups in total. The number of nitrogens with one attached hydrogen (secondary N) is 2. The average Bonchev–Trinajstić information content (AvgIpc) is 3.43. The summed E-state index contributed by atoms with van der Waals surface area (Å²) in [6.07, 6.45) is 2.92. The summed E-state index contributed by atoms with van der Waals surface area (Å²) < 4.78 is 7.69. The van der Waals surface area contributed by atoms with E-state index in [1.165, 1.54) is 0 Å². The lowest BCUT2D eigenvalue weighted by Gasteiger charge is -2.35. The molecule has 50 heavy (non-hydrogen) atoms. The second-order valence-corrected chi connectivity index (χ2v) is 14.0. The first-order valence-electron chi connectivity index (χ1n) is 17.0. The fourth-order valence-corrected chi connectivity index (χ4v) is 6.33. The molecule has 0 aliphatic rings. The number of amides is 2. The molecule has 0 saturated heterocycles. The van der Waals surface area contributed by atoms with Crippen molar-refractivity contribution < 1.29 is 19.2 Å². The summed E-state index contributed by atoms with van der Waals surface area (Å²) in [5.74, 6) is 0.217. The van der Waals surface area contributed by atoms with Crippen LogP contribution >= 0.6 is 23.2 Å². The number of carbonyl (C=O) groups is 2. The summed E-state index contributed by atoms with van der Waals surface area (Å²) in [4.78, 5) is 38.8. The van der Waals surface area contributed by atoms with Gasteiger partial charge < -0.3 is 14.6 Å². The number of ether oxygens (including phenoxy) is 1. The van der Waals surface area contributed by atoms with Crippen LogP contribution in [0.3, 0.4) is 0 Å². The van der Waals surface area contributed by atoms with Crippen LogP contribution in [0, 0.1) is 0 Å². The zero-order valence-electron chi connectivity index (χ0n) is 28.9. The number of alkyl carbamates (subject to hydrolysis) is 1. The van der Waals surface area contributed by atoms with Crippen LogP contribution < -0.4 is 10.8 Å². The van der Waals surface area contributed by atoms with Crippen molar-refractivity contribution in [2.45, 2.75) is 83.6 Å². The molecule has 0 bridgehead atoms. The van der Waals surface area contributed by atoms with Gasteiger partial charge in [0.15, 0.2) is 5.60 Å². The molecular formula is C40H44Cl2N4O4. The van der Waals surface area contributed by atoms with Crippen molar-refractivity contribution in [1.29, 1.82) is 0 Å². The summed E-state index contributed by atoms with van der Waals surface area (Å²) >= 11 is 12.8. The van der Waals surface area contributed by atoms with Gasteiger partial charge in [-0.2, -0.15) is 0 Å². The van der Waals surface area contributed by atoms with E-state index in [0.717, 1.165) is 53.8 Å². The minimum absolute atomic E-state index is 0.210. The Balaban J connectivity index is 1.48. The number of hydroxylamine groups is 1. The predicted octanol–water partition coefficient (Wildman–Crippen LogP) is 9.40. The Labute approximate surface area is 304 Å². The highest BCUT2D eigenvalue weighted by atomic mass is 35.5. The number of imidazole rings is 1. The molecule has 10 heteroatoms. The van der Waals surface area contributed by atoms with E-state index in [2.05, 4.69) is 22.3 Å². The normalized spacial score (nSPS) is 12.4. The number of aryl methyl sites for hydroxylation is 2. The van der Waals surface area contributed by atoms with Crippen molar-refractivity contribution in [1.82, 2.24) is 20.3 Å². The molecule has 0 aliphatic heterocycles. The summed E-state index contributed by atoms with van der Waals surface area (Å²) in [6.45, 7) is 8.19. The van der Waals surface area contributed by atoms with Crippen LogP contribution in [-0.2, 0) is 32.9 Å². The van der Waals surface area contributed by atoms with Gasteiger partial charge in [-0.3, -0.25) is 9.63 Å². The van der Waals surface area contributed by atoms with Gasteiger partial charge in [-0.25, -0.2) is 15.3 Å². The Morgan fingerprint density at radius 2 is 1.36 bits per heavy atom. The molecular weight excluding hydrogens is 671 g/mol. The fraction of sp³-hybridized carbons (Fsp3) is 0.325. The lowest BCUT2D eigenvalue weighted by atomic mass is 9.80. The number of hydrogen-bond donors (Lipinski definition) is 2. The highest BCUT2D eigenvalue weighted by molar-refractivity contribution is 6.42. The average molecular weight is 716 g/mol. The summed E-state index contributed by atoms with van der Waals surface area (Å²) in [6, 6.07) is 31.7. The van der Waals surface area contributed by atoms with Gasteiger partial charge in [-0.15, -0.1) is 0 Å². The molecule has 1 atom stereocenters. The van der Waals surface area contributed by atoms with Gasteiger partial charge in [0.25, 0.3) is 5.91 Å². The van der Waals surface area contributed by atoms with Crippen LogP contribution in [0.1, 0.15) is 75.9 Å². The third-order valence-corrected chi connectivity index (χ3v) is 9.09. The van der Waals surface area contributed by atoms with E-state index in [1.54, 1.807) is 26.8 Å². The molecule has 0 saturated carbocycles.